The van der Waals surface area contributed by atoms with Crippen LogP contribution >= 0.6 is 0 Å². The van der Waals surface area contributed by atoms with E-state index in [1.165, 1.54) is 30.3 Å². The van der Waals surface area contributed by atoms with Crippen molar-refractivity contribution in [2.45, 2.75) is 18.4 Å². The number of nitrogens with zero attached hydrogens (tertiary/aromatic N) is 3. The van der Waals surface area contributed by atoms with Crippen LogP contribution in [0.25, 0.3) is 11.0 Å². The predicted molar refractivity (Wildman–Crippen MR) is 118 cm³/mol. The topological polar surface area (TPSA) is 124 Å². The Morgan fingerprint density at radius 2 is 1.72 bits per heavy atom. The van der Waals surface area contributed by atoms with Crippen LogP contribution in [0.2, 0.25) is 0 Å². The van der Waals surface area contributed by atoms with Gasteiger partial charge in [-0.15, -0.1) is 0 Å². The Morgan fingerprint density at radius 1 is 1.03 bits per heavy atom. The molecule has 1 N–H and O–H groups in total. The number of carbonyl (C=O) groups is 1. The maximum atomic E-state index is 12.8. The molecule has 10 heteroatoms. The molecule has 4 aromatic rings. The maximum Gasteiger partial charge on any atom is 0.269 e. The summed E-state index contributed by atoms with van der Waals surface area (Å²) >= 11 is 0. The molecule has 0 aliphatic heterocycles. The highest BCUT2D eigenvalue weighted by atomic mass is 32.2. The normalized spacial score (nSPS) is 11.4. The number of nitrogens with one attached hydrogen (secondary N) is 1. The minimum absolute atomic E-state index is 0.000422. The summed E-state index contributed by atoms with van der Waals surface area (Å²) in [6, 6.07) is 18.8. The molecule has 0 radical (unpaired) electrons. The van der Waals surface area contributed by atoms with Crippen LogP contribution in [0, 0.1) is 17.0 Å². The molecular formula is C22H18N4O5S. The molecule has 4 rings (SSSR count). The zero-order valence-corrected chi connectivity index (χ0v) is 17.7. The fourth-order valence-corrected chi connectivity index (χ4v) is 4.37. The molecule has 1 heterocycles. The lowest BCUT2D eigenvalue weighted by Gasteiger charge is -2.09. The van der Waals surface area contributed by atoms with Crippen LogP contribution in [0.5, 0.6) is 0 Å². The lowest BCUT2D eigenvalue weighted by Crippen LogP contribution is -2.30. The number of amides is 1. The number of hydrogen-bond acceptors (Lipinski definition) is 6. The highest BCUT2D eigenvalue weighted by Gasteiger charge is 2.22. The first-order valence-corrected chi connectivity index (χ1v) is 11.1. The van der Waals surface area contributed by atoms with Crippen LogP contribution in [0.4, 0.5) is 5.69 Å². The van der Waals surface area contributed by atoms with Crippen LogP contribution in [0.1, 0.15) is 21.7 Å². The van der Waals surface area contributed by atoms with E-state index >= 15 is 0 Å². The van der Waals surface area contributed by atoms with Gasteiger partial charge in [-0.25, -0.2) is 18.1 Å². The first-order chi connectivity index (χ1) is 15.3. The number of rotatable bonds is 6. The van der Waals surface area contributed by atoms with E-state index in [-0.39, 0.29) is 16.1 Å². The number of sulfonamides is 1. The second kappa shape index (κ2) is 8.23. The summed E-state index contributed by atoms with van der Waals surface area (Å²) in [5.41, 5.74) is 1.96. The van der Waals surface area contributed by atoms with Gasteiger partial charge in [0.25, 0.3) is 21.6 Å². The third-order valence-electron chi connectivity index (χ3n) is 4.98. The van der Waals surface area contributed by atoms with E-state index in [0.29, 0.717) is 23.4 Å². The monoisotopic (exact) mass is 450 g/mol. The lowest BCUT2D eigenvalue weighted by molar-refractivity contribution is -0.384. The summed E-state index contributed by atoms with van der Waals surface area (Å²) in [6.07, 6.45) is 0. The van der Waals surface area contributed by atoms with Crippen molar-refractivity contribution < 1.29 is 18.1 Å². The van der Waals surface area contributed by atoms with Gasteiger partial charge >= 0.3 is 0 Å². The summed E-state index contributed by atoms with van der Waals surface area (Å²) in [4.78, 5) is 27.7. The molecule has 0 aliphatic carbocycles. The van der Waals surface area contributed by atoms with Crippen molar-refractivity contribution in [1.82, 2.24) is 14.3 Å². The zero-order valence-electron chi connectivity index (χ0n) is 16.9. The number of imidazole rings is 1. The quantitative estimate of drug-likeness (QED) is 0.355. The summed E-state index contributed by atoms with van der Waals surface area (Å²) in [5, 5.41) is 10.9. The average Bonchev–Trinajstić information content (AvgIpc) is 3.09. The summed E-state index contributed by atoms with van der Waals surface area (Å²) in [5.74, 6) is -0.163. The Bertz CT molecular complexity index is 1430. The first-order valence-electron chi connectivity index (χ1n) is 9.57. The molecular weight excluding hydrogens is 432 g/mol. The molecule has 0 unspecified atom stereocenters. The summed E-state index contributed by atoms with van der Waals surface area (Å²) < 4.78 is 29.0. The number of fused-ring (bicyclic) bond motifs is 1. The largest absolute Gasteiger partial charge is 0.324 e. The van der Waals surface area contributed by atoms with E-state index in [1.54, 1.807) is 49.4 Å². The molecule has 0 bridgehead atoms. The number of carbonyl (C=O) groups excluding carboxylic acids is 1. The van der Waals surface area contributed by atoms with Crippen LogP contribution in [-0.4, -0.2) is 28.8 Å². The fraction of sp³-hybridized carbons (Fsp3) is 0.0909. The molecule has 3 aromatic carbocycles. The molecule has 0 saturated heterocycles. The van der Waals surface area contributed by atoms with Gasteiger partial charge in [0.15, 0.2) is 0 Å². The molecule has 0 fully saturated rings. The van der Waals surface area contributed by atoms with Crippen molar-refractivity contribution in [3.63, 3.8) is 0 Å². The molecule has 1 aromatic heterocycles. The van der Waals surface area contributed by atoms with E-state index in [4.69, 9.17) is 0 Å². The van der Waals surface area contributed by atoms with Crippen LogP contribution in [0.15, 0.2) is 77.7 Å². The highest BCUT2D eigenvalue weighted by Crippen LogP contribution is 2.23. The number of nitro benzene ring substituents is 1. The zero-order chi connectivity index (χ0) is 22.9. The Hall–Kier alpha value is -4.05. The van der Waals surface area contributed by atoms with E-state index in [2.05, 4.69) is 9.71 Å². The SMILES string of the molecule is Cc1nc2c(C(=O)NS(=O)(=O)c3ccccc3)cccc2n1Cc1ccc([N+](=O)[O-])cc1. The summed E-state index contributed by atoms with van der Waals surface area (Å²) in [7, 11) is -4.03. The van der Waals surface area contributed by atoms with Crippen molar-refractivity contribution in [2.24, 2.45) is 0 Å². The molecule has 9 nitrogen and oxygen atoms in total. The van der Waals surface area contributed by atoms with Crippen molar-refractivity contribution in [3.05, 3.63) is 99.9 Å². The average molecular weight is 450 g/mol. The van der Waals surface area contributed by atoms with Gasteiger partial charge in [-0.3, -0.25) is 14.9 Å². The highest BCUT2D eigenvalue weighted by molar-refractivity contribution is 7.90. The summed E-state index contributed by atoms with van der Waals surface area (Å²) in [6.45, 7) is 2.15. The van der Waals surface area contributed by atoms with Crippen molar-refractivity contribution in [1.29, 1.82) is 0 Å². The third-order valence-corrected chi connectivity index (χ3v) is 6.33. The van der Waals surface area contributed by atoms with Gasteiger partial charge in [-0.1, -0.05) is 36.4 Å². The number of aryl methyl sites for hydroxylation is 1. The van der Waals surface area contributed by atoms with Gasteiger partial charge in [-0.2, -0.15) is 0 Å². The second-order valence-electron chi connectivity index (χ2n) is 7.09. The minimum atomic E-state index is -4.03. The van der Waals surface area contributed by atoms with Gasteiger partial charge in [0.2, 0.25) is 0 Å². The first kappa shape index (κ1) is 21.2. The molecule has 162 valence electrons. The van der Waals surface area contributed by atoms with E-state index < -0.39 is 20.9 Å². The number of nitro groups is 1. The number of aromatic nitrogens is 2. The van der Waals surface area contributed by atoms with Crippen LogP contribution in [0.3, 0.4) is 0 Å². The predicted octanol–water partition coefficient (Wildman–Crippen LogP) is 3.42. The van der Waals surface area contributed by atoms with Crippen molar-refractivity contribution in [2.75, 3.05) is 0 Å². The molecule has 0 aliphatic rings. The van der Waals surface area contributed by atoms with Gasteiger partial charge in [0.1, 0.15) is 11.3 Å². The molecule has 1 amide bonds. The standard InChI is InChI=1S/C22H18N4O5S/c1-15-23-21-19(22(27)24-32(30,31)18-6-3-2-4-7-18)8-5-9-20(21)25(15)14-16-10-12-17(13-11-16)26(28)29/h2-13H,14H2,1H3,(H,24,27). The second-order valence-corrected chi connectivity index (χ2v) is 8.77. The van der Waals surface area contributed by atoms with Gasteiger partial charge in [0, 0.05) is 18.7 Å². The minimum Gasteiger partial charge on any atom is -0.324 e. The van der Waals surface area contributed by atoms with E-state index in [1.807, 2.05) is 4.57 Å². The fourth-order valence-electron chi connectivity index (χ4n) is 3.39. The lowest BCUT2D eigenvalue weighted by atomic mass is 10.1. The van der Waals surface area contributed by atoms with Gasteiger partial charge in [-0.05, 0) is 36.8 Å². The molecule has 0 saturated carbocycles. The Labute approximate surface area is 183 Å². The van der Waals surface area contributed by atoms with E-state index in [0.717, 1.165) is 5.56 Å². The van der Waals surface area contributed by atoms with Crippen LogP contribution < -0.4 is 4.72 Å². The Morgan fingerprint density at radius 3 is 2.38 bits per heavy atom. The number of benzene rings is 3. The third kappa shape index (κ3) is 4.08. The number of para-hydroxylation sites is 1. The Balaban J connectivity index is 1.66. The van der Waals surface area contributed by atoms with Gasteiger partial charge < -0.3 is 4.57 Å². The smallest absolute Gasteiger partial charge is 0.269 e. The van der Waals surface area contributed by atoms with Crippen molar-refractivity contribution >= 4 is 32.7 Å². The Kier molecular flexibility index (Phi) is 5.45. The van der Waals surface area contributed by atoms with Crippen LogP contribution in [-0.2, 0) is 16.6 Å². The maximum absolute atomic E-state index is 12.8. The van der Waals surface area contributed by atoms with E-state index in [9.17, 15) is 23.3 Å². The molecule has 32 heavy (non-hydrogen) atoms. The molecule has 0 spiro atoms. The molecule has 0 atom stereocenters. The van der Waals surface area contributed by atoms with Gasteiger partial charge in [0.05, 0.1) is 20.9 Å². The number of non-ortho nitro benzene ring substituents is 1. The number of hydrogen-bond donors (Lipinski definition) is 1. The van der Waals surface area contributed by atoms with Crippen molar-refractivity contribution in [3.8, 4) is 0 Å².